The molecular formula is C25H23N5O2. The van der Waals surface area contributed by atoms with Gasteiger partial charge in [0.1, 0.15) is 0 Å². The van der Waals surface area contributed by atoms with Crippen LogP contribution >= 0.6 is 0 Å². The van der Waals surface area contributed by atoms with Gasteiger partial charge in [-0.1, -0.05) is 36.4 Å². The molecule has 0 unspecified atom stereocenters. The number of amides is 2. The highest BCUT2D eigenvalue weighted by molar-refractivity contribution is 6.09. The van der Waals surface area contributed by atoms with E-state index in [4.69, 9.17) is 0 Å². The number of aromatic nitrogens is 3. The first kappa shape index (κ1) is 21.0. The van der Waals surface area contributed by atoms with E-state index in [9.17, 15) is 9.59 Å². The van der Waals surface area contributed by atoms with Gasteiger partial charge in [0.2, 0.25) is 0 Å². The molecule has 4 rings (SSSR count). The lowest BCUT2D eigenvalue weighted by Gasteiger charge is -2.14. The summed E-state index contributed by atoms with van der Waals surface area (Å²) < 4.78 is 1.99. The summed E-state index contributed by atoms with van der Waals surface area (Å²) in [5.41, 5.74) is 4.32. The molecule has 2 aromatic heterocycles. The van der Waals surface area contributed by atoms with Crippen molar-refractivity contribution in [2.45, 2.75) is 20.0 Å². The Kier molecular flexibility index (Phi) is 6.36. The summed E-state index contributed by atoms with van der Waals surface area (Å²) in [6.07, 6.45) is 8.54. The lowest BCUT2D eigenvalue weighted by atomic mass is 10.1. The van der Waals surface area contributed by atoms with Gasteiger partial charge in [0.15, 0.2) is 0 Å². The van der Waals surface area contributed by atoms with Gasteiger partial charge in [-0.15, -0.1) is 0 Å². The monoisotopic (exact) mass is 425 g/mol. The van der Waals surface area contributed by atoms with Crippen molar-refractivity contribution in [3.63, 3.8) is 0 Å². The molecule has 160 valence electrons. The second kappa shape index (κ2) is 9.70. The van der Waals surface area contributed by atoms with Crippen molar-refractivity contribution in [2.24, 2.45) is 0 Å². The first-order chi connectivity index (χ1) is 15.6. The Balaban J connectivity index is 1.46. The van der Waals surface area contributed by atoms with E-state index in [1.54, 1.807) is 49.2 Å². The van der Waals surface area contributed by atoms with Crippen molar-refractivity contribution in [2.75, 3.05) is 5.32 Å². The van der Waals surface area contributed by atoms with Gasteiger partial charge in [0, 0.05) is 43.4 Å². The average molecular weight is 425 g/mol. The highest BCUT2D eigenvalue weighted by Crippen LogP contribution is 2.22. The van der Waals surface area contributed by atoms with E-state index in [0.717, 1.165) is 16.7 Å². The fourth-order valence-electron chi connectivity index (χ4n) is 3.42. The van der Waals surface area contributed by atoms with Crippen molar-refractivity contribution < 1.29 is 9.59 Å². The molecule has 0 radical (unpaired) electrons. The molecule has 4 aromatic rings. The predicted octanol–water partition coefficient (Wildman–Crippen LogP) is 3.82. The number of para-hydroxylation sites is 1. The Morgan fingerprint density at radius 3 is 2.47 bits per heavy atom. The van der Waals surface area contributed by atoms with Gasteiger partial charge in [0.25, 0.3) is 11.8 Å². The van der Waals surface area contributed by atoms with E-state index in [2.05, 4.69) is 26.7 Å². The first-order valence-electron chi connectivity index (χ1n) is 10.2. The van der Waals surface area contributed by atoms with E-state index in [-0.39, 0.29) is 11.8 Å². The number of anilines is 1. The number of imidazole rings is 1. The molecule has 0 aliphatic carbocycles. The second-order valence-corrected chi connectivity index (χ2v) is 7.43. The molecule has 0 fully saturated rings. The third kappa shape index (κ3) is 5.07. The third-order valence-corrected chi connectivity index (χ3v) is 5.07. The SMILES string of the molecule is Cc1cccc(C(=O)NCc2cccc(Cn3ccnc3)c2)c1NC(=O)c1ccncc1. The van der Waals surface area contributed by atoms with Crippen LogP contribution in [0.4, 0.5) is 5.69 Å². The molecule has 2 N–H and O–H groups in total. The normalized spacial score (nSPS) is 10.5. The largest absolute Gasteiger partial charge is 0.348 e. The molecule has 0 saturated carbocycles. The zero-order chi connectivity index (χ0) is 22.3. The van der Waals surface area contributed by atoms with Crippen LogP contribution in [0.15, 0.2) is 85.7 Å². The van der Waals surface area contributed by atoms with Crippen molar-refractivity contribution in [3.05, 3.63) is 114 Å². The van der Waals surface area contributed by atoms with Crippen LogP contribution in [0.25, 0.3) is 0 Å². The van der Waals surface area contributed by atoms with Gasteiger partial charge >= 0.3 is 0 Å². The minimum atomic E-state index is -0.289. The number of benzene rings is 2. The lowest BCUT2D eigenvalue weighted by Crippen LogP contribution is -2.25. The summed E-state index contributed by atoms with van der Waals surface area (Å²) in [5, 5.41) is 5.83. The smallest absolute Gasteiger partial charge is 0.255 e. The Bertz CT molecular complexity index is 1220. The molecule has 0 spiro atoms. The van der Waals surface area contributed by atoms with E-state index >= 15 is 0 Å². The van der Waals surface area contributed by atoms with E-state index in [1.165, 1.54) is 0 Å². The van der Waals surface area contributed by atoms with E-state index < -0.39 is 0 Å². The molecule has 32 heavy (non-hydrogen) atoms. The third-order valence-electron chi connectivity index (χ3n) is 5.07. The van der Waals surface area contributed by atoms with Crippen LogP contribution < -0.4 is 10.6 Å². The Hall–Kier alpha value is -4.26. The Morgan fingerprint density at radius 2 is 1.69 bits per heavy atom. The molecule has 7 nitrogen and oxygen atoms in total. The van der Waals surface area contributed by atoms with Gasteiger partial charge in [-0.2, -0.15) is 0 Å². The number of pyridine rings is 1. The number of hydrogen-bond acceptors (Lipinski definition) is 4. The number of carbonyl (C=O) groups excluding carboxylic acids is 2. The fourth-order valence-corrected chi connectivity index (χ4v) is 3.42. The lowest BCUT2D eigenvalue weighted by molar-refractivity contribution is 0.0951. The summed E-state index contributed by atoms with van der Waals surface area (Å²) in [7, 11) is 0. The van der Waals surface area contributed by atoms with Crippen molar-refractivity contribution >= 4 is 17.5 Å². The topological polar surface area (TPSA) is 88.9 Å². The zero-order valence-corrected chi connectivity index (χ0v) is 17.7. The van der Waals surface area contributed by atoms with Gasteiger partial charge in [-0.25, -0.2) is 4.98 Å². The number of nitrogens with zero attached hydrogens (tertiary/aromatic N) is 3. The molecule has 0 atom stereocenters. The van der Waals surface area contributed by atoms with Crippen LogP contribution in [0.3, 0.4) is 0 Å². The zero-order valence-electron chi connectivity index (χ0n) is 17.7. The van der Waals surface area contributed by atoms with Crippen molar-refractivity contribution in [1.82, 2.24) is 19.9 Å². The van der Waals surface area contributed by atoms with Crippen molar-refractivity contribution in [1.29, 1.82) is 0 Å². The van der Waals surface area contributed by atoms with Crippen LogP contribution in [0.2, 0.25) is 0 Å². The first-order valence-corrected chi connectivity index (χ1v) is 10.2. The molecule has 0 aliphatic heterocycles. The quantitative estimate of drug-likeness (QED) is 0.471. The van der Waals surface area contributed by atoms with Crippen LogP contribution in [0, 0.1) is 6.92 Å². The summed E-state index contributed by atoms with van der Waals surface area (Å²) in [4.78, 5) is 33.6. The highest BCUT2D eigenvalue weighted by atomic mass is 16.2. The van der Waals surface area contributed by atoms with Crippen molar-refractivity contribution in [3.8, 4) is 0 Å². The van der Waals surface area contributed by atoms with Crippen LogP contribution in [0.1, 0.15) is 37.4 Å². The average Bonchev–Trinajstić information content (AvgIpc) is 3.32. The fraction of sp³-hybridized carbons (Fsp3) is 0.120. The second-order valence-electron chi connectivity index (χ2n) is 7.43. The number of carbonyl (C=O) groups is 2. The molecule has 2 aromatic carbocycles. The minimum Gasteiger partial charge on any atom is -0.348 e. The van der Waals surface area contributed by atoms with Gasteiger partial charge in [0.05, 0.1) is 17.6 Å². The molecule has 0 aliphatic rings. The van der Waals surface area contributed by atoms with Gasteiger partial charge < -0.3 is 15.2 Å². The standard InChI is InChI=1S/C25H23N5O2/c1-18-4-2-7-22(23(18)29-24(31)21-8-10-26-11-9-21)25(32)28-15-19-5-3-6-20(14-19)16-30-13-12-27-17-30/h2-14,17H,15-16H2,1H3,(H,28,32)(H,29,31). The van der Waals surface area contributed by atoms with E-state index in [0.29, 0.717) is 29.9 Å². The summed E-state index contributed by atoms with van der Waals surface area (Å²) in [5.74, 6) is -0.540. The molecule has 2 heterocycles. The summed E-state index contributed by atoms with van der Waals surface area (Å²) in [6, 6.07) is 16.7. The number of hydrogen-bond donors (Lipinski definition) is 2. The van der Waals surface area contributed by atoms with Gasteiger partial charge in [-0.05, 0) is 41.8 Å². The number of rotatable bonds is 7. The van der Waals surface area contributed by atoms with Crippen LogP contribution in [-0.2, 0) is 13.1 Å². The summed E-state index contributed by atoms with van der Waals surface area (Å²) in [6.45, 7) is 2.95. The van der Waals surface area contributed by atoms with Crippen LogP contribution in [-0.4, -0.2) is 26.3 Å². The molecule has 2 amide bonds. The van der Waals surface area contributed by atoms with Gasteiger partial charge in [-0.3, -0.25) is 14.6 Å². The number of nitrogens with one attached hydrogen (secondary N) is 2. The Labute approximate surface area is 186 Å². The maximum absolute atomic E-state index is 13.0. The molecule has 0 saturated heterocycles. The predicted molar refractivity (Wildman–Crippen MR) is 122 cm³/mol. The highest BCUT2D eigenvalue weighted by Gasteiger charge is 2.16. The molecule has 0 bridgehead atoms. The maximum atomic E-state index is 13.0. The Morgan fingerprint density at radius 1 is 0.906 bits per heavy atom. The minimum absolute atomic E-state index is 0.251. The molecular weight excluding hydrogens is 402 g/mol. The van der Waals surface area contributed by atoms with E-state index in [1.807, 2.05) is 42.0 Å². The number of aryl methyl sites for hydroxylation is 1. The maximum Gasteiger partial charge on any atom is 0.255 e. The summed E-state index contributed by atoms with van der Waals surface area (Å²) >= 11 is 0. The van der Waals surface area contributed by atoms with Crippen LogP contribution in [0.5, 0.6) is 0 Å². The molecule has 7 heteroatoms.